The molecule has 3 unspecified atom stereocenters. The summed E-state index contributed by atoms with van der Waals surface area (Å²) in [4.78, 5) is 0. The van der Waals surface area contributed by atoms with E-state index < -0.39 is 0 Å². The fraction of sp³-hybridized carbons (Fsp3) is 0.733. The Morgan fingerprint density at radius 1 is 1.47 bits per heavy atom. The van der Waals surface area contributed by atoms with Gasteiger partial charge < -0.3 is 14.8 Å². The van der Waals surface area contributed by atoms with Crippen LogP contribution in [-0.4, -0.2) is 17.8 Å². The average Bonchev–Trinajstić information content (AvgIpc) is 2.82. The number of aliphatic hydroxyl groups is 1. The first-order valence-corrected chi connectivity index (χ1v) is 8.12. The largest absolute Gasteiger partial charge is 0.466 e. The first kappa shape index (κ1) is 15.1. The molecule has 1 fully saturated rings. The molecule has 0 radical (unpaired) electrons. The van der Waals surface area contributed by atoms with Gasteiger partial charge in [-0.05, 0) is 67.1 Å². The zero-order valence-electron chi connectivity index (χ0n) is 11.6. The maximum Gasteiger partial charge on any atom is 0.134 e. The summed E-state index contributed by atoms with van der Waals surface area (Å²) < 4.78 is 6.46. The normalized spacial score (nSPS) is 25.4. The number of nitrogens with one attached hydrogen (secondary N) is 1. The van der Waals surface area contributed by atoms with E-state index in [4.69, 9.17) is 4.42 Å². The summed E-state index contributed by atoms with van der Waals surface area (Å²) in [5, 5.41) is 13.4. The van der Waals surface area contributed by atoms with Crippen LogP contribution in [0.4, 0.5) is 0 Å². The molecule has 19 heavy (non-hydrogen) atoms. The highest BCUT2D eigenvalue weighted by Gasteiger charge is 2.22. The van der Waals surface area contributed by atoms with Gasteiger partial charge in [0.25, 0.3) is 0 Å². The van der Waals surface area contributed by atoms with Gasteiger partial charge in [-0.25, -0.2) is 0 Å². The minimum atomic E-state index is -0.0645. The highest BCUT2D eigenvalue weighted by atomic mass is 79.9. The van der Waals surface area contributed by atoms with E-state index in [0.29, 0.717) is 5.92 Å². The van der Waals surface area contributed by atoms with Gasteiger partial charge in [0.1, 0.15) is 5.76 Å². The summed E-state index contributed by atoms with van der Waals surface area (Å²) in [5.41, 5.74) is 0. The van der Waals surface area contributed by atoms with Crippen molar-refractivity contribution in [3.05, 3.63) is 22.6 Å². The second-order valence-corrected chi connectivity index (χ2v) is 6.42. The molecule has 2 N–H and O–H groups in total. The average molecular weight is 330 g/mol. The van der Waals surface area contributed by atoms with Crippen LogP contribution in [0.3, 0.4) is 0 Å². The monoisotopic (exact) mass is 329 g/mol. The Labute approximate surface area is 123 Å². The Kier molecular flexibility index (Phi) is 5.92. The van der Waals surface area contributed by atoms with Crippen LogP contribution in [0.2, 0.25) is 0 Å². The quantitative estimate of drug-likeness (QED) is 0.774. The van der Waals surface area contributed by atoms with Crippen molar-refractivity contribution < 1.29 is 9.52 Å². The summed E-state index contributed by atoms with van der Waals surface area (Å²) in [5.74, 6) is 1.47. The lowest BCUT2D eigenvalue weighted by Crippen LogP contribution is -2.26. The van der Waals surface area contributed by atoms with E-state index in [1.165, 1.54) is 19.3 Å². The van der Waals surface area contributed by atoms with Crippen LogP contribution in [0.15, 0.2) is 21.2 Å². The molecule has 1 heterocycles. The number of furan rings is 1. The SMILES string of the molecule is CC(NCCCC1CCCCC1O)c1occc1Br. The molecule has 1 aliphatic carbocycles. The van der Waals surface area contributed by atoms with E-state index in [-0.39, 0.29) is 12.1 Å². The van der Waals surface area contributed by atoms with Gasteiger partial charge in [0.2, 0.25) is 0 Å². The van der Waals surface area contributed by atoms with Gasteiger partial charge in [0.05, 0.1) is 22.9 Å². The second kappa shape index (κ2) is 7.46. The van der Waals surface area contributed by atoms with Crippen LogP contribution >= 0.6 is 15.9 Å². The molecule has 1 saturated carbocycles. The van der Waals surface area contributed by atoms with Crippen molar-refractivity contribution in [2.24, 2.45) is 5.92 Å². The predicted octanol–water partition coefficient (Wildman–Crippen LogP) is 4.02. The van der Waals surface area contributed by atoms with Crippen LogP contribution in [0, 0.1) is 5.92 Å². The lowest BCUT2D eigenvalue weighted by atomic mass is 9.83. The second-order valence-electron chi connectivity index (χ2n) is 5.56. The van der Waals surface area contributed by atoms with Crippen LogP contribution in [-0.2, 0) is 0 Å². The molecule has 0 saturated heterocycles. The van der Waals surface area contributed by atoms with Gasteiger partial charge in [0.15, 0.2) is 0 Å². The van der Waals surface area contributed by atoms with Gasteiger partial charge in [-0.15, -0.1) is 0 Å². The molecular formula is C15H24BrNO2. The van der Waals surface area contributed by atoms with Crippen molar-refractivity contribution in [3.63, 3.8) is 0 Å². The summed E-state index contributed by atoms with van der Waals surface area (Å²) in [7, 11) is 0. The molecule has 0 bridgehead atoms. The zero-order valence-corrected chi connectivity index (χ0v) is 13.2. The Bertz CT molecular complexity index is 380. The van der Waals surface area contributed by atoms with E-state index in [9.17, 15) is 5.11 Å². The fourth-order valence-corrected chi connectivity index (χ4v) is 3.46. The first-order valence-electron chi connectivity index (χ1n) is 7.33. The maximum absolute atomic E-state index is 9.92. The predicted molar refractivity (Wildman–Crippen MR) is 80.0 cm³/mol. The molecule has 1 aromatic heterocycles. The van der Waals surface area contributed by atoms with E-state index in [0.717, 1.165) is 36.0 Å². The van der Waals surface area contributed by atoms with Crippen LogP contribution in [0.1, 0.15) is 57.3 Å². The van der Waals surface area contributed by atoms with Crippen molar-refractivity contribution in [2.75, 3.05) is 6.54 Å². The lowest BCUT2D eigenvalue weighted by molar-refractivity contribution is 0.0642. The Morgan fingerprint density at radius 2 is 2.26 bits per heavy atom. The summed E-state index contributed by atoms with van der Waals surface area (Å²) in [6.45, 7) is 3.08. The topological polar surface area (TPSA) is 45.4 Å². The highest BCUT2D eigenvalue weighted by molar-refractivity contribution is 9.10. The van der Waals surface area contributed by atoms with Gasteiger partial charge in [-0.3, -0.25) is 0 Å². The Balaban J connectivity index is 1.65. The number of aliphatic hydroxyl groups excluding tert-OH is 1. The standard InChI is InChI=1S/C15H24BrNO2/c1-11(15-13(16)8-10-19-15)17-9-4-6-12-5-2-3-7-14(12)18/h8,10-12,14,17-18H,2-7,9H2,1H3. The summed E-state index contributed by atoms with van der Waals surface area (Å²) >= 11 is 3.48. The minimum absolute atomic E-state index is 0.0645. The van der Waals surface area contributed by atoms with Gasteiger partial charge >= 0.3 is 0 Å². The van der Waals surface area contributed by atoms with Crippen molar-refractivity contribution in [1.82, 2.24) is 5.32 Å². The fourth-order valence-electron chi connectivity index (χ4n) is 2.91. The minimum Gasteiger partial charge on any atom is -0.466 e. The van der Waals surface area contributed by atoms with Crippen molar-refractivity contribution in [1.29, 1.82) is 0 Å². The number of hydrogen-bond donors (Lipinski definition) is 2. The zero-order chi connectivity index (χ0) is 13.7. The van der Waals surface area contributed by atoms with Gasteiger partial charge in [-0.2, -0.15) is 0 Å². The van der Waals surface area contributed by atoms with E-state index in [1.54, 1.807) is 6.26 Å². The first-order chi connectivity index (χ1) is 9.18. The molecule has 1 aliphatic rings. The van der Waals surface area contributed by atoms with Crippen LogP contribution < -0.4 is 5.32 Å². The van der Waals surface area contributed by atoms with Crippen molar-refractivity contribution in [2.45, 2.75) is 57.6 Å². The van der Waals surface area contributed by atoms with Crippen LogP contribution in [0.5, 0.6) is 0 Å². The molecule has 0 aliphatic heterocycles. The third-order valence-electron chi connectivity index (χ3n) is 4.11. The number of halogens is 1. The molecular weight excluding hydrogens is 306 g/mol. The molecule has 3 nitrogen and oxygen atoms in total. The molecule has 0 amide bonds. The van der Waals surface area contributed by atoms with E-state index in [2.05, 4.69) is 28.2 Å². The molecule has 0 aromatic carbocycles. The Hall–Kier alpha value is -0.320. The van der Waals surface area contributed by atoms with Crippen molar-refractivity contribution in [3.8, 4) is 0 Å². The van der Waals surface area contributed by atoms with E-state index >= 15 is 0 Å². The third kappa shape index (κ3) is 4.33. The van der Waals surface area contributed by atoms with Crippen LogP contribution in [0.25, 0.3) is 0 Å². The maximum atomic E-state index is 9.92. The van der Waals surface area contributed by atoms with E-state index in [1.807, 2.05) is 6.07 Å². The Morgan fingerprint density at radius 3 is 2.95 bits per heavy atom. The molecule has 0 spiro atoms. The third-order valence-corrected chi connectivity index (χ3v) is 4.76. The molecule has 1 aromatic rings. The molecule has 108 valence electrons. The van der Waals surface area contributed by atoms with Crippen molar-refractivity contribution >= 4 is 15.9 Å². The van der Waals surface area contributed by atoms with Gasteiger partial charge in [0, 0.05) is 0 Å². The molecule has 3 atom stereocenters. The summed E-state index contributed by atoms with van der Waals surface area (Å²) in [6, 6.07) is 2.15. The number of hydrogen-bond acceptors (Lipinski definition) is 3. The smallest absolute Gasteiger partial charge is 0.134 e. The highest BCUT2D eigenvalue weighted by Crippen LogP contribution is 2.28. The molecule has 4 heteroatoms. The summed E-state index contributed by atoms with van der Waals surface area (Å²) in [6.07, 6.45) is 8.55. The lowest BCUT2D eigenvalue weighted by Gasteiger charge is -2.27. The number of rotatable bonds is 6. The van der Waals surface area contributed by atoms with Gasteiger partial charge in [-0.1, -0.05) is 12.8 Å². The molecule has 2 rings (SSSR count).